The second-order valence-corrected chi connectivity index (χ2v) is 6.70. The summed E-state index contributed by atoms with van der Waals surface area (Å²) >= 11 is 1.67. The lowest BCUT2D eigenvalue weighted by Gasteiger charge is -2.31. The van der Waals surface area contributed by atoms with E-state index in [0.29, 0.717) is 18.2 Å². The molecule has 4 nitrogen and oxygen atoms in total. The van der Waals surface area contributed by atoms with E-state index in [9.17, 15) is 4.79 Å². The van der Waals surface area contributed by atoms with Crippen molar-refractivity contribution in [2.75, 3.05) is 12.8 Å². The van der Waals surface area contributed by atoms with E-state index >= 15 is 0 Å². The fourth-order valence-electron chi connectivity index (χ4n) is 2.34. The highest BCUT2D eigenvalue weighted by Crippen LogP contribution is 2.39. The molecule has 1 aromatic rings. The number of amides is 1. The molecule has 1 saturated carbocycles. The van der Waals surface area contributed by atoms with Gasteiger partial charge in [-0.2, -0.15) is 0 Å². The van der Waals surface area contributed by atoms with Crippen molar-refractivity contribution in [3.63, 3.8) is 0 Å². The van der Waals surface area contributed by atoms with Crippen molar-refractivity contribution in [2.24, 2.45) is 11.7 Å². The first-order valence-corrected chi connectivity index (χ1v) is 8.54. The summed E-state index contributed by atoms with van der Waals surface area (Å²) in [5, 5.41) is 3.05. The van der Waals surface area contributed by atoms with Crippen LogP contribution in [-0.2, 0) is 4.79 Å². The predicted octanol–water partition coefficient (Wildman–Crippen LogP) is 2.42. The summed E-state index contributed by atoms with van der Waals surface area (Å²) < 4.78 is 5.70. The molecule has 0 saturated heterocycles. The number of carbonyl (C=O) groups is 1. The van der Waals surface area contributed by atoms with E-state index in [0.717, 1.165) is 12.8 Å². The van der Waals surface area contributed by atoms with Gasteiger partial charge in [-0.25, -0.2) is 0 Å². The summed E-state index contributed by atoms with van der Waals surface area (Å²) in [6.07, 6.45) is 3.77. The van der Waals surface area contributed by atoms with Crippen LogP contribution in [0.1, 0.15) is 26.7 Å². The number of carbonyl (C=O) groups excluding carboxylic acids is 1. The summed E-state index contributed by atoms with van der Waals surface area (Å²) in [6.45, 7) is 4.24. The van der Waals surface area contributed by atoms with Crippen molar-refractivity contribution < 1.29 is 9.53 Å². The van der Waals surface area contributed by atoms with Crippen molar-refractivity contribution in [1.82, 2.24) is 5.32 Å². The first-order valence-electron chi connectivity index (χ1n) is 7.31. The zero-order valence-corrected chi connectivity index (χ0v) is 13.7. The van der Waals surface area contributed by atoms with Gasteiger partial charge in [-0.15, -0.1) is 11.8 Å². The van der Waals surface area contributed by atoms with Gasteiger partial charge in [0.15, 0.2) is 6.10 Å². The average molecular weight is 308 g/mol. The normalized spacial score (nSPS) is 18.7. The fraction of sp³-hybridized carbons (Fsp3) is 0.562. The quantitative estimate of drug-likeness (QED) is 0.759. The second-order valence-electron chi connectivity index (χ2n) is 5.82. The van der Waals surface area contributed by atoms with Crippen LogP contribution in [0.5, 0.6) is 5.75 Å². The Balaban J connectivity index is 1.92. The minimum atomic E-state index is -0.533. The Bertz CT molecular complexity index is 488. The Morgan fingerprint density at radius 3 is 2.57 bits per heavy atom. The highest BCUT2D eigenvalue weighted by molar-refractivity contribution is 7.98. The van der Waals surface area contributed by atoms with Crippen molar-refractivity contribution in [3.05, 3.63) is 24.3 Å². The topological polar surface area (TPSA) is 64.3 Å². The third kappa shape index (κ3) is 4.14. The zero-order chi connectivity index (χ0) is 15.5. The third-order valence-electron chi connectivity index (χ3n) is 4.05. The molecule has 1 fully saturated rings. The molecule has 21 heavy (non-hydrogen) atoms. The summed E-state index contributed by atoms with van der Waals surface area (Å²) in [5.74, 6) is 1.10. The molecule has 3 N–H and O–H groups in total. The Morgan fingerprint density at radius 1 is 1.48 bits per heavy atom. The molecule has 2 rings (SSSR count). The number of thioether (sulfide) groups is 1. The molecule has 0 aromatic heterocycles. The number of rotatable bonds is 7. The zero-order valence-electron chi connectivity index (χ0n) is 12.9. The van der Waals surface area contributed by atoms with Crippen LogP contribution in [0.25, 0.3) is 0 Å². The van der Waals surface area contributed by atoms with Gasteiger partial charge < -0.3 is 15.8 Å². The largest absolute Gasteiger partial charge is 0.481 e. The van der Waals surface area contributed by atoms with E-state index in [4.69, 9.17) is 10.5 Å². The van der Waals surface area contributed by atoms with E-state index in [1.807, 2.05) is 37.4 Å². The first-order chi connectivity index (χ1) is 9.98. The van der Waals surface area contributed by atoms with Gasteiger partial charge in [0.1, 0.15) is 5.75 Å². The lowest BCUT2D eigenvalue weighted by molar-refractivity contribution is -0.129. The summed E-state index contributed by atoms with van der Waals surface area (Å²) in [5.41, 5.74) is 5.51. The smallest absolute Gasteiger partial charge is 0.261 e. The number of ether oxygens (including phenoxy) is 1. The minimum Gasteiger partial charge on any atom is -0.481 e. The van der Waals surface area contributed by atoms with E-state index in [1.165, 1.54) is 4.90 Å². The van der Waals surface area contributed by atoms with Gasteiger partial charge in [0, 0.05) is 11.4 Å². The van der Waals surface area contributed by atoms with Gasteiger partial charge in [0.2, 0.25) is 0 Å². The SMILES string of the molecule is CSc1ccc(OC(C)C(=O)NC(C)(CN)C2CC2)cc1. The van der Waals surface area contributed by atoms with E-state index in [1.54, 1.807) is 18.7 Å². The molecule has 116 valence electrons. The highest BCUT2D eigenvalue weighted by atomic mass is 32.2. The lowest BCUT2D eigenvalue weighted by Crippen LogP contribution is -2.56. The third-order valence-corrected chi connectivity index (χ3v) is 4.80. The van der Waals surface area contributed by atoms with Crippen LogP contribution in [0.3, 0.4) is 0 Å². The fourth-order valence-corrected chi connectivity index (χ4v) is 2.74. The van der Waals surface area contributed by atoms with Gasteiger partial charge in [-0.3, -0.25) is 4.79 Å². The molecule has 0 aliphatic heterocycles. The first kappa shape index (κ1) is 16.2. The summed E-state index contributed by atoms with van der Waals surface area (Å²) in [4.78, 5) is 13.5. The number of hydrogen-bond donors (Lipinski definition) is 2. The van der Waals surface area contributed by atoms with Gasteiger partial charge in [0.25, 0.3) is 5.91 Å². The van der Waals surface area contributed by atoms with Crippen LogP contribution in [0.2, 0.25) is 0 Å². The molecule has 0 heterocycles. The van der Waals surface area contributed by atoms with E-state index in [-0.39, 0.29) is 11.4 Å². The van der Waals surface area contributed by atoms with Crippen molar-refractivity contribution in [2.45, 2.75) is 43.2 Å². The highest BCUT2D eigenvalue weighted by Gasteiger charge is 2.42. The molecule has 1 amide bonds. The van der Waals surface area contributed by atoms with Gasteiger partial charge in [-0.05, 0) is 63.1 Å². The van der Waals surface area contributed by atoms with Crippen LogP contribution >= 0.6 is 11.8 Å². The molecule has 0 spiro atoms. The molecular weight excluding hydrogens is 284 g/mol. The van der Waals surface area contributed by atoms with Crippen molar-refractivity contribution in [1.29, 1.82) is 0 Å². The van der Waals surface area contributed by atoms with Gasteiger partial charge in [-0.1, -0.05) is 0 Å². The molecule has 0 bridgehead atoms. The maximum atomic E-state index is 12.3. The summed E-state index contributed by atoms with van der Waals surface area (Å²) in [7, 11) is 0. The van der Waals surface area contributed by atoms with Gasteiger partial charge in [0.05, 0.1) is 5.54 Å². The van der Waals surface area contributed by atoms with Crippen LogP contribution in [0.4, 0.5) is 0 Å². The van der Waals surface area contributed by atoms with E-state index in [2.05, 4.69) is 5.32 Å². The van der Waals surface area contributed by atoms with Crippen molar-refractivity contribution in [3.8, 4) is 5.75 Å². The Hall–Kier alpha value is -1.20. The number of hydrogen-bond acceptors (Lipinski definition) is 4. The Morgan fingerprint density at radius 2 is 2.10 bits per heavy atom. The number of nitrogens with one attached hydrogen (secondary N) is 1. The monoisotopic (exact) mass is 308 g/mol. The molecule has 5 heteroatoms. The predicted molar refractivity (Wildman–Crippen MR) is 86.6 cm³/mol. The lowest BCUT2D eigenvalue weighted by atomic mass is 9.95. The molecule has 1 aliphatic carbocycles. The minimum absolute atomic E-state index is 0.108. The molecular formula is C16H24N2O2S. The maximum absolute atomic E-state index is 12.3. The molecule has 0 radical (unpaired) electrons. The number of nitrogens with two attached hydrogens (primary N) is 1. The van der Waals surface area contributed by atoms with Crippen LogP contribution in [0, 0.1) is 5.92 Å². The van der Waals surface area contributed by atoms with Crippen LogP contribution in [0.15, 0.2) is 29.2 Å². The van der Waals surface area contributed by atoms with Crippen LogP contribution < -0.4 is 15.8 Å². The van der Waals surface area contributed by atoms with Gasteiger partial charge >= 0.3 is 0 Å². The Labute approximate surface area is 130 Å². The van der Waals surface area contributed by atoms with E-state index < -0.39 is 6.10 Å². The van der Waals surface area contributed by atoms with Crippen molar-refractivity contribution >= 4 is 17.7 Å². The Kier molecular flexibility index (Phi) is 5.17. The number of benzene rings is 1. The molecule has 1 aromatic carbocycles. The second kappa shape index (κ2) is 6.71. The van der Waals surface area contributed by atoms with Crippen LogP contribution in [-0.4, -0.2) is 30.4 Å². The maximum Gasteiger partial charge on any atom is 0.261 e. The molecule has 2 unspecified atom stereocenters. The average Bonchev–Trinajstić information content (AvgIpc) is 3.33. The summed E-state index contributed by atoms with van der Waals surface area (Å²) in [6, 6.07) is 7.74. The molecule has 2 atom stereocenters. The standard InChI is InChI=1S/C16H24N2O2S/c1-11(20-13-6-8-14(21-3)9-7-13)15(19)18-16(2,10-17)12-4-5-12/h6-9,11-12H,4-5,10,17H2,1-3H3,(H,18,19). The molecule has 1 aliphatic rings.